The minimum absolute atomic E-state index is 0.550. The fourth-order valence-corrected chi connectivity index (χ4v) is 3.62. The lowest BCUT2D eigenvalue weighted by Crippen LogP contribution is -2.19. The predicted molar refractivity (Wildman–Crippen MR) is 80.4 cm³/mol. The van der Waals surface area contributed by atoms with Crippen LogP contribution in [0.25, 0.3) is 11.4 Å². The van der Waals surface area contributed by atoms with Crippen LogP contribution in [-0.2, 0) is 7.05 Å². The van der Waals surface area contributed by atoms with E-state index in [1.54, 1.807) is 6.33 Å². The highest BCUT2D eigenvalue weighted by atomic mass is 32.2. The number of para-hydroxylation sites is 1. The first kappa shape index (κ1) is 12.5. The molecule has 4 nitrogen and oxygen atoms in total. The van der Waals surface area contributed by atoms with E-state index in [4.69, 9.17) is 0 Å². The Morgan fingerprint density at radius 1 is 1.37 bits per heavy atom. The third kappa shape index (κ3) is 2.61. The standard InChI is InChI=1S/C14H18N4S/c1-10-7-11(8-19-10)16-13-6-4-3-5-12(13)14-17-15-9-18(14)2/h3-6,9-11,16H,7-8H2,1-2H3. The van der Waals surface area contributed by atoms with Gasteiger partial charge in [0.15, 0.2) is 5.82 Å². The Hall–Kier alpha value is -1.49. The second-order valence-electron chi connectivity index (χ2n) is 5.03. The van der Waals surface area contributed by atoms with Crippen LogP contribution in [0.1, 0.15) is 13.3 Å². The summed E-state index contributed by atoms with van der Waals surface area (Å²) in [6.07, 6.45) is 2.96. The van der Waals surface area contributed by atoms with E-state index in [0.29, 0.717) is 6.04 Å². The van der Waals surface area contributed by atoms with Gasteiger partial charge in [0.25, 0.3) is 0 Å². The molecule has 0 spiro atoms. The lowest BCUT2D eigenvalue weighted by atomic mass is 10.1. The van der Waals surface area contributed by atoms with Crippen molar-refractivity contribution < 1.29 is 0 Å². The van der Waals surface area contributed by atoms with Gasteiger partial charge in [-0.3, -0.25) is 0 Å². The topological polar surface area (TPSA) is 42.7 Å². The Morgan fingerprint density at radius 3 is 2.89 bits per heavy atom. The number of aryl methyl sites for hydroxylation is 1. The quantitative estimate of drug-likeness (QED) is 0.934. The summed E-state index contributed by atoms with van der Waals surface area (Å²) < 4.78 is 1.95. The van der Waals surface area contributed by atoms with Gasteiger partial charge < -0.3 is 9.88 Å². The zero-order chi connectivity index (χ0) is 13.2. The molecular weight excluding hydrogens is 256 g/mol. The molecule has 1 aromatic carbocycles. The van der Waals surface area contributed by atoms with Crippen molar-refractivity contribution >= 4 is 17.4 Å². The zero-order valence-corrected chi connectivity index (χ0v) is 12.0. The van der Waals surface area contributed by atoms with Gasteiger partial charge in [-0.05, 0) is 18.6 Å². The third-order valence-corrected chi connectivity index (χ3v) is 4.79. The zero-order valence-electron chi connectivity index (χ0n) is 11.2. The molecule has 19 heavy (non-hydrogen) atoms. The number of nitrogens with one attached hydrogen (secondary N) is 1. The Kier molecular flexibility index (Phi) is 3.46. The lowest BCUT2D eigenvalue weighted by molar-refractivity contribution is 0.747. The van der Waals surface area contributed by atoms with Crippen LogP contribution in [-0.4, -0.2) is 31.8 Å². The van der Waals surface area contributed by atoms with Crippen molar-refractivity contribution in [3.05, 3.63) is 30.6 Å². The van der Waals surface area contributed by atoms with Gasteiger partial charge in [-0.1, -0.05) is 19.1 Å². The average molecular weight is 274 g/mol. The predicted octanol–water partition coefficient (Wildman–Crippen LogP) is 2.79. The first-order valence-corrected chi connectivity index (χ1v) is 7.60. The number of hydrogen-bond acceptors (Lipinski definition) is 4. The number of anilines is 1. The number of aromatic nitrogens is 3. The molecule has 2 heterocycles. The maximum absolute atomic E-state index is 4.20. The molecule has 5 heteroatoms. The number of benzene rings is 1. The first-order chi connectivity index (χ1) is 9.24. The minimum Gasteiger partial charge on any atom is -0.381 e. The smallest absolute Gasteiger partial charge is 0.165 e. The van der Waals surface area contributed by atoms with Crippen molar-refractivity contribution in [3.8, 4) is 11.4 Å². The molecule has 0 bridgehead atoms. The summed E-state index contributed by atoms with van der Waals surface area (Å²) in [6.45, 7) is 2.29. The largest absolute Gasteiger partial charge is 0.381 e. The average Bonchev–Trinajstić information content (AvgIpc) is 2.99. The van der Waals surface area contributed by atoms with Gasteiger partial charge in [0.1, 0.15) is 6.33 Å². The van der Waals surface area contributed by atoms with Crippen molar-refractivity contribution in [2.75, 3.05) is 11.1 Å². The third-order valence-electron chi connectivity index (χ3n) is 3.44. The Labute approximate surface area is 117 Å². The normalized spacial score (nSPS) is 22.6. The minimum atomic E-state index is 0.550. The van der Waals surface area contributed by atoms with Crippen LogP contribution in [0, 0.1) is 0 Å². The van der Waals surface area contributed by atoms with Crippen molar-refractivity contribution in [1.82, 2.24) is 14.8 Å². The molecule has 3 rings (SSSR count). The van der Waals surface area contributed by atoms with E-state index in [9.17, 15) is 0 Å². The van der Waals surface area contributed by atoms with E-state index in [2.05, 4.69) is 40.6 Å². The van der Waals surface area contributed by atoms with E-state index in [0.717, 1.165) is 22.3 Å². The fraction of sp³-hybridized carbons (Fsp3) is 0.429. The van der Waals surface area contributed by atoms with Gasteiger partial charge >= 0.3 is 0 Å². The molecular formula is C14H18N4S. The molecule has 100 valence electrons. The van der Waals surface area contributed by atoms with Gasteiger partial charge in [0.05, 0.1) is 0 Å². The molecule has 0 saturated carbocycles. The summed E-state index contributed by atoms with van der Waals surface area (Å²) in [6, 6.07) is 8.87. The second-order valence-corrected chi connectivity index (χ2v) is 6.50. The molecule has 1 aromatic heterocycles. The highest BCUT2D eigenvalue weighted by Crippen LogP contribution is 2.31. The number of thioether (sulfide) groups is 1. The van der Waals surface area contributed by atoms with Gasteiger partial charge in [-0.15, -0.1) is 10.2 Å². The highest BCUT2D eigenvalue weighted by molar-refractivity contribution is 8.00. The molecule has 1 N–H and O–H groups in total. The summed E-state index contributed by atoms with van der Waals surface area (Å²) in [5.41, 5.74) is 2.27. The van der Waals surface area contributed by atoms with Gasteiger partial charge in [0, 0.05) is 35.3 Å². The molecule has 1 saturated heterocycles. The molecule has 2 atom stereocenters. The van der Waals surface area contributed by atoms with Crippen LogP contribution in [0.5, 0.6) is 0 Å². The summed E-state index contributed by atoms with van der Waals surface area (Å²) >= 11 is 2.04. The summed E-state index contributed by atoms with van der Waals surface area (Å²) in [4.78, 5) is 0. The van der Waals surface area contributed by atoms with Crippen LogP contribution in [0.4, 0.5) is 5.69 Å². The van der Waals surface area contributed by atoms with Crippen molar-refractivity contribution in [1.29, 1.82) is 0 Å². The molecule has 0 aliphatic carbocycles. The van der Waals surface area contributed by atoms with Crippen molar-refractivity contribution in [3.63, 3.8) is 0 Å². The molecule has 0 amide bonds. The number of rotatable bonds is 3. The molecule has 1 fully saturated rings. The first-order valence-electron chi connectivity index (χ1n) is 6.55. The molecule has 2 unspecified atom stereocenters. The van der Waals surface area contributed by atoms with E-state index in [-0.39, 0.29) is 0 Å². The van der Waals surface area contributed by atoms with Crippen LogP contribution in [0.2, 0.25) is 0 Å². The number of nitrogens with zero attached hydrogens (tertiary/aromatic N) is 3. The van der Waals surface area contributed by atoms with E-state index >= 15 is 0 Å². The second kappa shape index (κ2) is 5.25. The molecule has 1 aliphatic heterocycles. The monoisotopic (exact) mass is 274 g/mol. The maximum atomic E-state index is 4.20. The van der Waals surface area contributed by atoms with E-state index in [1.165, 1.54) is 12.2 Å². The lowest BCUT2D eigenvalue weighted by Gasteiger charge is -2.16. The summed E-state index contributed by atoms with van der Waals surface area (Å²) in [7, 11) is 1.97. The van der Waals surface area contributed by atoms with Gasteiger partial charge in [0.2, 0.25) is 0 Å². The van der Waals surface area contributed by atoms with E-state index < -0.39 is 0 Å². The van der Waals surface area contributed by atoms with Crippen molar-refractivity contribution in [2.24, 2.45) is 7.05 Å². The Bertz CT molecular complexity index is 566. The van der Waals surface area contributed by atoms with Crippen LogP contribution < -0.4 is 5.32 Å². The molecule has 0 radical (unpaired) electrons. The van der Waals surface area contributed by atoms with Crippen LogP contribution in [0.3, 0.4) is 0 Å². The maximum Gasteiger partial charge on any atom is 0.165 e. The molecule has 1 aliphatic rings. The SMILES string of the molecule is CC1CC(Nc2ccccc2-c2nncn2C)CS1. The summed E-state index contributed by atoms with van der Waals surface area (Å²) in [5.74, 6) is 2.08. The highest BCUT2D eigenvalue weighted by Gasteiger charge is 2.22. The summed E-state index contributed by atoms with van der Waals surface area (Å²) in [5, 5.41) is 12.6. The van der Waals surface area contributed by atoms with Crippen LogP contribution in [0.15, 0.2) is 30.6 Å². The number of hydrogen-bond donors (Lipinski definition) is 1. The molecule has 2 aromatic rings. The fourth-order valence-electron chi connectivity index (χ4n) is 2.47. The Balaban J connectivity index is 1.88. The Morgan fingerprint density at radius 2 is 2.21 bits per heavy atom. The van der Waals surface area contributed by atoms with Crippen LogP contribution >= 0.6 is 11.8 Å². The van der Waals surface area contributed by atoms with E-state index in [1.807, 2.05) is 29.4 Å². The van der Waals surface area contributed by atoms with Crippen molar-refractivity contribution in [2.45, 2.75) is 24.6 Å². The van der Waals surface area contributed by atoms with Gasteiger partial charge in [-0.2, -0.15) is 11.8 Å². The van der Waals surface area contributed by atoms with Gasteiger partial charge in [-0.25, -0.2) is 0 Å².